The van der Waals surface area contributed by atoms with E-state index in [0.717, 1.165) is 23.4 Å². The lowest BCUT2D eigenvalue weighted by molar-refractivity contribution is -0.132. The number of carbonyl (C=O) groups excluding carboxylic acids is 2. The molecular weight excluding hydrogens is 406 g/mol. The van der Waals surface area contributed by atoms with Gasteiger partial charge in [0.25, 0.3) is 5.91 Å². The maximum atomic E-state index is 12.9. The normalized spacial score (nSPS) is 14.0. The fourth-order valence-corrected chi connectivity index (χ4v) is 4.57. The van der Waals surface area contributed by atoms with Gasteiger partial charge in [0.1, 0.15) is 10.7 Å². The average Bonchev–Trinajstić information content (AvgIpc) is 3.30. The average molecular weight is 434 g/mol. The van der Waals surface area contributed by atoms with E-state index >= 15 is 0 Å². The number of rotatable bonds is 6. The summed E-state index contributed by atoms with van der Waals surface area (Å²) < 4.78 is 0. The fraction of sp³-hybridized carbons (Fsp3) is 0.320. The summed E-state index contributed by atoms with van der Waals surface area (Å²) in [6.45, 7) is 4.34. The molecule has 0 N–H and O–H groups in total. The Bertz CT molecular complexity index is 1020. The number of thiazole rings is 1. The SMILES string of the molecule is Cc1ccc(-c2nc(C(=O)N3CCN(C(=O)CCCc4ccccc4)CC3)cs2)cc1. The van der Waals surface area contributed by atoms with E-state index in [1.807, 2.05) is 64.6 Å². The first-order valence-electron chi connectivity index (χ1n) is 10.7. The summed E-state index contributed by atoms with van der Waals surface area (Å²) in [5, 5.41) is 2.69. The Labute approximate surface area is 187 Å². The van der Waals surface area contributed by atoms with Crippen LogP contribution in [0.4, 0.5) is 0 Å². The second-order valence-corrected chi connectivity index (χ2v) is 8.77. The van der Waals surface area contributed by atoms with Crippen molar-refractivity contribution in [3.05, 3.63) is 76.8 Å². The summed E-state index contributed by atoms with van der Waals surface area (Å²) in [4.78, 5) is 33.6. The van der Waals surface area contributed by atoms with Gasteiger partial charge in [-0.25, -0.2) is 4.98 Å². The molecule has 3 aromatic rings. The van der Waals surface area contributed by atoms with E-state index in [2.05, 4.69) is 17.1 Å². The molecule has 2 aromatic carbocycles. The third-order valence-electron chi connectivity index (χ3n) is 5.64. The van der Waals surface area contributed by atoms with Crippen molar-refractivity contribution in [1.82, 2.24) is 14.8 Å². The van der Waals surface area contributed by atoms with Crippen LogP contribution in [-0.2, 0) is 11.2 Å². The lowest BCUT2D eigenvalue weighted by Crippen LogP contribution is -2.50. The monoisotopic (exact) mass is 433 g/mol. The molecule has 2 heterocycles. The van der Waals surface area contributed by atoms with Gasteiger partial charge in [-0.2, -0.15) is 0 Å². The van der Waals surface area contributed by atoms with Crippen molar-refractivity contribution in [1.29, 1.82) is 0 Å². The Kier molecular flexibility index (Phi) is 6.77. The molecule has 6 heteroatoms. The molecule has 1 aromatic heterocycles. The van der Waals surface area contributed by atoms with Crippen molar-refractivity contribution in [2.24, 2.45) is 0 Å². The van der Waals surface area contributed by atoms with Gasteiger partial charge in [-0.15, -0.1) is 11.3 Å². The van der Waals surface area contributed by atoms with Gasteiger partial charge in [-0.05, 0) is 25.3 Å². The van der Waals surface area contributed by atoms with Crippen molar-refractivity contribution >= 4 is 23.2 Å². The highest BCUT2D eigenvalue weighted by Gasteiger charge is 2.26. The van der Waals surface area contributed by atoms with Crippen LogP contribution in [0.1, 0.15) is 34.5 Å². The van der Waals surface area contributed by atoms with E-state index in [-0.39, 0.29) is 11.8 Å². The van der Waals surface area contributed by atoms with Crippen molar-refractivity contribution in [2.45, 2.75) is 26.2 Å². The van der Waals surface area contributed by atoms with Crippen molar-refractivity contribution in [2.75, 3.05) is 26.2 Å². The molecular formula is C25H27N3O2S. The summed E-state index contributed by atoms with van der Waals surface area (Å²) in [7, 11) is 0. The predicted molar refractivity (Wildman–Crippen MR) is 124 cm³/mol. The standard InChI is InChI=1S/C25H27N3O2S/c1-19-10-12-21(13-11-19)24-26-22(18-31-24)25(30)28-16-14-27(15-17-28)23(29)9-5-8-20-6-3-2-4-7-20/h2-4,6-7,10-13,18H,5,8-9,14-17H2,1H3. The zero-order chi connectivity index (χ0) is 21.6. The third-order valence-corrected chi connectivity index (χ3v) is 6.53. The third kappa shape index (κ3) is 5.39. The number of nitrogens with zero attached hydrogens (tertiary/aromatic N) is 3. The van der Waals surface area contributed by atoms with Crippen LogP contribution in [-0.4, -0.2) is 52.8 Å². The maximum Gasteiger partial charge on any atom is 0.273 e. The zero-order valence-electron chi connectivity index (χ0n) is 17.8. The van der Waals surface area contributed by atoms with E-state index in [1.165, 1.54) is 22.5 Å². The number of amides is 2. The first-order valence-corrected chi connectivity index (χ1v) is 11.6. The Morgan fingerprint density at radius 1 is 0.935 bits per heavy atom. The minimum Gasteiger partial charge on any atom is -0.339 e. The molecule has 0 saturated carbocycles. The number of aromatic nitrogens is 1. The van der Waals surface area contributed by atoms with Crippen molar-refractivity contribution < 1.29 is 9.59 Å². The topological polar surface area (TPSA) is 53.5 Å². The van der Waals surface area contributed by atoms with Crippen LogP contribution in [0.25, 0.3) is 10.6 Å². The highest BCUT2D eigenvalue weighted by Crippen LogP contribution is 2.25. The number of carbonyl (C=O) groups is 2. The minimum atomic E-state index is -0.0502. The van der Waals surface area contributed by atoms with Gasteiger partial charge in [0.2, 0.25) is 5.91 Å². The molecule has 0 atom stereocenters. The van der Waals surface area contributed by atoms with E-state index in [1.54, 1.807) is 0 Å². The Hall–Kier alpha value is -2.99. The van der Waals surface area contributed by atoms with E-state index < -0.39 is 0 Å². The maximum absolute atomic E-state index is 12.9. The van der Waals surface area contributed by atoms with Crippen LogP contribution in [0.2, 0.25) is 0 Å². The quantitative estimate of drug-likeness (QED) is 0.578. The van der Waals surface area contributed by atoms with Gasteiger partial charge in [0.15, 0.2) is 0 Å². The molecule has 1 aliphatic heterocycles. The smallest absolute Gasteiger partial charge is 0.273 e. The summed E-state index contributed by atoms with van der Waals surface area (Å²) in [5.41, 5.74) is 3.98. The van der Waals surface area contributed by atoms with Gasteiger partial charge < -0.3 is 9.80 Å². The minimum absolute atomic E-state index is 0.0502. The van der Waals surface area contributed by atoms with E-state index in [9.17, 15) is 9.59 Å². The summed E-state index contributed by atoms with van der Waals surface area (Å²) in [6, 6.07) is 18.4. The molecule has 1 fully saturated rings. The van der Waals surface area contributed by atoms with Gasteiger partial charge in [-0.1, -0.05) is 60.2 Å². The summed E-state index contributed by atoms with van der Waals surface area (Å²) in [6.07, 6.45) is 2.32. The van der Waals surface area contributed by atoms with Crippen LogP contribution >= 0.6 is 11.3 Å². The van der Waals surface area contributed by atoms with E-state index in [4.69, 9.17) is 0 Å². The Morgan fingerprint density at radius 3 is 2.32 bits per heavy atom. The summed E-state index contributed by atoms with van der Waals surface area (Å²) in [5.74, 6) is 0.129. The van der Waals surface area contributed by atoms with Crippen LogP contribution < -0.4 is 0 Å². The zero-order valence-corrected chi connectivity index (χ0v) is 18.6. The lowest BCUT2D eigenvalue weighted by atomic mass is 10.1. The molecule has 2 amide bonds. The van der Waals surface area contributed by atoms with Crippen LogP contribution in [0.3, 0.4) is 0 Å². The highest BCUT2D eigenvalue weighted by molar-refractivity contribution is 7.13. The number of hydrogen-bond acceptors (Lipinski definition) is 4. The molecule has 31 heavy (non-hydrogen) atoms. The second-order valence-electron chi connectivity index (χ2n) is 7.92. The molecule has 4 rings (SSSR count). The van der Waals surface area contributed by atoms with E-state index in [0.29, 0.717) is 38.3 Å². The van der Waals surface area contributed by atoms with Crippen molar-refractivity contribution in [3.8, 4) is 10.6 Å². The molecule has 0 radical (unpaired) electrons. The first-order chi connectivity index (χ1) is 15.1. The highest BCUT2D eigenvalue weighted by atomic mass is 32.1. The predicted octanol–water partition coefficient (Wildman–Crippen LogP) is 4.43. The second kappa shape index (κ2) is 9.88. The summed E-state index contributed by atoms with van der Waals surface area (Å²) >= 11 is 1.49. The first kappa shape index (κ1) is 21.2. The van der Waals surface area contributed by atoms with Crippen LogP contribution in [0, 0.1) is 6.92 Å². The molecule has 1 aliphatic rings. The van der Waals surface area contributed by atoms with Gasteiger partial charge >= 0.3 is 0 Å². The molecule has 5 nitrogen and oxygen atoms in total. The Balaban J connectivity index is 1.26. The molecule has 0 spiro atoms. The van der Waals surface area contributed by atoms with Crippen LogP contribution in [0.15, 0.2) is 60.0 Å². The molecule has 1 saturated heterocycles. The molecule has 0 unspecified atom stereocenters. The fourth-order valence-electron chi connectivity index (χ4n) is 3.77. The molecule has 0 bridgehead atoms. The van der Waals surface area contributed by atoms with Gasteiger partial charge in [0.05, 0.1) is 0 Å². The largest absolute Gasteiger partial charge is 0.339 e. The van der Waals surface area contributed by atoms with Gasteiger partial charge in [-0.3, -0.25) is 9.59 Å². The Morgan fingerprint density at radius 2 is 1.61 bits per heavy atom. The number of piperazine rings is 1. The number of benzene rings is 2. The number of hydrogen-bond donors (Lipinski definition) is 0. The van der Waals surface area contributed by atoms with Crippen molar-refractivity contribution in [3.63, 3.8) is 0 Å². The lowest BCUT2D eigenvalue weighted by Gasteiger charge is -2.34. The molecule has 0 aliphatic carbocycles. The van der Waals surface area contributed by atoms with Gasteiger partial charge in [0, 0.05) is 43.5 Å². The van der Waals surface area contributed by atoms with Crippen LogP contribution in [0.5, 0.6) is 0 Å². The molecule has 160 valence electrons. The number of aryl methyl sites for hydroxylation is 2.